The number of likely N-dealkylation sites (tertiary alicyclic amines) is 2. The molecule has 3 N–H and O–H groups in total. The van der Waals surface area contributed by atoms with E-state index >= 15 is 0 Å². The van der Waals surface area contributed by atoms with Crippen molar-refractivity contribution in [3.8, 4) is 0 Å². The number of amides is 2. The van der Waals surface area contributed by atoms with Gasteiger partial charge in [0.15, 0.2) is 0 Å². The highest BCUT2D eigenvalue weighted by Gasteiger charge is 2.30. The van der Waals surface area contributed by atoms with Crippen LogP contribution in [-0.2, 0) is 4.74 Å². The lowest BCUT2D eigenvalue weighted by molar-refractivity contribution is 0.0194. The van der Waals surface area contributed by atoms with Crippen LogP contribution in [0.1, 0.15) is 81.6 Å². The normalized spacial score (nSPS) is 21.2. The molecule has 0 aliphatic carbocycles. The van der Waals surface area contributed by atoms with Crippen LogP contribution in [0, 0.1) is 5.92 Å². The number of unbranched alkanes of at least 4 members (excludes halogenated alkanes) is 1. The van der Waals surface area contributed by atoms with E-state index in [4.69, 9.17) is 9.84 Å². The largest absolute Gasteiger partial charge is 0.465 e. The second-order valence-electron chi connectivity index (χ2n) is 14.3. The number of nitrogens with one attached hydrogen (secondary N) is 2. The van der Waals surface area contributed by atoms with Crippen LogP contribution < -0.4 is 15.5 Å². The summed E-state index contributed by atoms with van der Waals surface area (Å²) in [4.78, 5) is 44.3. The lowest BCUT2D eigenvalue weighted by atomic mass is 9.91. The number of hydrogen-bond donors (Lipinski definition) is 3. The van der Waals surface area contributed by atoms with Crippen molar-refractivity contribution in [3.63, 3.8) is 0 Å². The zero-order valence-electron chi connectivity index (χ0n) is 29.6. The van der Waals surface area contributed by atoms with Crippen molar-refractivity contribution in [2.24, 2.45) is 5.92 Å². The number of pyridine rings is 1. The fourth-order valence-corrected chi connectivity index (χ4v) is 7.60. The molecule has 3 aromatic rings. The molecule has 1 unspecified atom stereocenters. The fourth-order valence-electron chi connectivity index (χ4n) is 7.60. The van der Waals surface area contributed by atoms with Gasteiger partial charge in [0.2, 0.25) is 5.95 Å². The van der Waals surface area contributed by atoms with E-state index in [1.54, 1.807) is 18.5 Å². The van der Waals surface area contributed by atoms with Crippen molar-refractivity contribution in [1.29, 1.82) is 0 Å². The fraction of sp³-hybridized carbons (Fsp3) is 0.639. The molecule has 0 saturated carbocycles. The number of carbonyl (C=O) groups excluding carboxylic acids is 1. The van der Waals surface area contributed by atoms with Gasteiger partial charge in [0.1, 0.15) is 17.8 Å². The molecule has 3 aliphatic heterocycles. The molecule has 2 amide bonds. The Morgan fingerprint density at radius 1 is 1.04 bits per heavy atom. The van der Waals surface area contributed by atoms with Gasteiger partial charge in [0.05, 0.1) is 23.7 Å². The standard InChI is InChI=1S/C36H52FN9O4/c1-24(2)46-22-28(34(47)40-26-10-15-43(16-11-26)14-5-4-6-25-8-17-44(18-9-25)36(48)49)27-21-39-33(20-30(27)46)41-32-7-13-38-35(42-32)45-19-12-31(50-3)29(37)23-45/h7,13,20-22,24-26,29,31H,4-6,8-12,14-19,23H2,1-3H3,(H,40,47)(H,48,49)(H,38,39,41,42)/t29-,31?/m1/s1. The van der Waals surface area contributed by atoms with E-state index in [9.17, 15) is 14.0 Å². The Morgan fingerprint density at radius 2 is 1.82 bits per heavy atom. The van der Waals surface area contributed by atoms with E-state index < -0.39 is 18.4 Å². The quantitative estimate of drug-likeness (QED) is 0.209. The van der Waals surface area contributed by atoms with Crippen molar-refractivity contribution in [1.82, 2.24) is 34.6 Å². The van der Waals surface area contributed by atoms with Crippen LogP contribution in [0.4, 0.5) is 26.8 Å². The van der Waals surface area contributed by atoms with E-state index in [2.05, 4.69) is 48.9 Å². The first-order valence-electron chi connectivity index (χ1n) is 18.2. The summed E-state index contributed by atoms with van der Waals surface area (Å²) in [5, 5.41) is 16.5. The van der Waals surface area contributed by atoms with Gasteiger partial charge in [-0.1, -0.05) is 12.8 Å². The molecule has 3 fully saturated rings. The molecule has 0 spiro atoms. The van der Waals surface area contributed by atoms with Gasteiger partial charge in [0, 0.05) is 82.0 Å². The second-order valence-corrected chi connectivity index (χ2v) is 14.3. The van der Waals surface area contributed by atoms with Crippen molar-refractivity contribution in [3.05, 3.63) is 36.3 Å². The van der Waals surface area contributed by atoms with Crippen LogP contribution in [-0.4, -0.2) is 118 Å². The van der Waals surface area contributed by atoms with Gasteiger partial charge < -0.3 is 39.7 Å². The highest BCUT2D eigenvalue weighted by atomic mass is 19.1. The second kappa shape index (κ2) is 16.3. The Kier molecular flexibility index (Phi) is 11.7. The number of halogens is 1. The van der Waals surface area contributed by atoms with Crippen LogP contribution in [0.3, 0.4) is 0 Å². The molecule has 3 saturated heterocycles. The minimum absolute atomic E-state index is 0.0758. The number of nitrogens with zero attached hydrogens (tertiary/aromatic N) is 7. The van der Waals surface area contributed by atoms with E-state index in [0.717, 1.165) is 62.6 Å². The maximum absolute atomic E-state index is 14.5. The average molecular weight is 694 g/mol. The molecule has 14 heteroatoms. The van der Waals surface area contributed by atoms with Crippen LogP contribution in [0.2, 0.25) is 0 Å². The number of fused-ring (bicyclic) bond motifs is 1. The summed E-state index contributed by atoms with van der Waals surface area (Å²) in [6.07, 6.45) is 10.9. The number of hydrogen-bond acceptors (Lipinski definition) is 9. The Morgan fingerprint density at radius 3 is 2.52 bits per heavy atom. The summed E-state index contributed by atoms with van der Waals surface area (Å²) < 4.78 is 21.9. The Hall–Kier alpha value is -4.04. The zero-order chi connectivity index (χ0) is 35.2. The molecule has 0 radical (unpaired) electrons. The Balaban J connectivity index is 1.01. The van der Waals surface area contributed by atoms with Gasteiger partial charge in [-0.3, -0.25) is 4.79 Å². The number of anilines is 3. The first kappa shape index (κ1) is 35.8. The summed E-state index contributed by atoms with van der Waals surface area (Å²) in [7, 11) is 1.54. The summed E-state index contributed by atoms with van der Waals surface area (Å²) >= 11 is 0. The van der Waals surface area contributed by atoms with Crippen molar-refractivity contribution in [2.45, 2.75) is 89.6 Å². The number of methoxy groups -OCH3 is 1. The van der Waals surface area contributed by atoms with Crippen LogP contribution in [0.25, 0.3) is 10.9 Å². The maximum atomic E-state index is 14.5. The van der Waals surface area contributed by atoms with Crippen LogP contribution in [0.15, 0.2) is 30.7 Å². The molecule has 0 aromatic carbocycles. The number of rotatable bonds is 12. The molecule has 13 nitrogen and oxygen atoms in total. The molecule has 2 atom stereocenters. The smallest absolute Gasteiger partial charge is 0.407 e. The average Bonchev–Trinajstić information content (AvgIpc) is 3.50. The van der Waals surface area contributed by atoms with Gasteiger partial charge in [-0.05, 0) is 70.9 Å². The number of carboxylic acid groups (broad SMARTS) is 1. The number of piperidine rings is 3. The molecule has 0 bridgehead atoms. The number of aromatic nitrogens is 4. The summed E-state index contributed by atoms with van der Waals surface area (Å²) in [5.74, 6) is 2.16. The molecule has 3 aromatic heterocycles. The maximum Gasteiger partial charge on any atom is 0.407 e. The third kappa shape index (κ3) is 8.63. The Bertz CT molecular complexity index is 1600. The molecule has 3 aliphatic rings. The van der Waals surface area contributed by atoms with E-state index in [1.807, 2.05) is 17.2 Å². The number of carbonyl (C=O) groups is 2. The highest BCUT2D eigenvalue weighted by molar-refractivity contribution is 6.07. The molecular weight excluding hydrogens is 641 g/mol. The van der Waals surface area contributed by atoms with Crippen LogP contribution in [0.5, 0.6) is 0 Å². The predicted molar refractivity (Wildman–Crippen MR) is 191 cm³/mol. The monoisotopic (exact) mass is 693 g/mol. The first-order chi connectivity index (χ1) is 24.2. The molecule has 50 heavy (non-hydrogen) atoms. The van der Waals surface area contributed by atoms with Gasteiger partial charge >= 0.3 is 6.09 Å². The minimum atomic E-state index is -1.11. The molecule has 6 heterocycles. The molecule has 6 rings (SSSR count). The summed E-state index contributed by atoms with van der Waals surface area (Å²) in [6, 6.07) is 3.95. The first-order valence-corrected chi connectivity index (χ1v) is 18.2. The lowest BCUT2D eigenvalue weighted by Crippen LogP contribution is -2.46. The zero-order valence-corrected chi connectivity index (χ0v) is 29.6. The minimum Gasteiger partial charge on any atom is -0.465 e. The van der Waals surface area contributed by atoms with Gasteiger partial charge in [-0.2, -0.15) is 4.98 Å². The van der Waals surface area contributed by atoms with Gasteiger partial charge in [0.25, 0.3) is 5.91 Å². The van der Waals surface area contributed by atoms with Gasteiger partial charge in [-0.15, -0.1) is 0 Å². The van der Waals surface area contributed by atoms with Crippen molar-refractivity contribution < 1.29 is 23.8 Å². The van der Waals surface area contributed by atoms with Crippen LogP contribution >= 0.6 is 0 Å². The van der Waals surface area contributed by atoms with Gasteiger partial charge in [-0.25, -0.2) is 19.2 Å². The van der Waals surface area contributed by atoms with E-state index in [-0.39, 0.29) is 24.5 Å². The molecule has 272 valence electrons. The van der Waals surface area contributed by atoms with E-state index in [1.165, 1.54) is 24.9 Å². The van der Waals surface area contributed by atoms with Crippen molar-refractivity contribution >= 4 is 40.5 Å². The Labute approximate surface area is 293 Å². The summed E-state index contributed by atoms with van der Waals surface area (Å²) in [5.41, 5.74) is 1.52. The van der Waals surface area contributed by atoms with Crippen molar-refractivity contribution in [2.75, 3.05) is 63.1 Å². The third-order valence-electron chi connectivity index (χ3n) is 10.6. The molecular formula is C36H52FN9O4. The number of alkyl halides is 1. The SMILES string of the molecule is COC1CCN(c2nccc(Nc3cc4c(cn3)c(C(=O)NC3CCN(CCCCC5CCN(C(=O)O)CC5)CC3)cn4C(C)C)n2)C[C@H]1F. The number of ether oxygens (including phenoxy) is 1. The van der Waals surface area contributed by atoms with E-state index in [0.29, 0.717) is 55.1 Å². The highest BCUT2D eigenvalue weighted by Crippen LogP contribution is 2.29. The predicted octanol–water partition coefficient (Wildman–Crippen LogP) is 5.47. The summed E-state index contributed by atoms with van der Waals surface area (Å²) in [6.45, 7) is 9.31. The lowest BCUT2D eigenvalue weighted by Gasteiger charge is -2.33. The topological polar surface area (TPSA) is 141 Å². The third-order valence-corrected chi connectivity index (χ3v) is 10.6.